The second-order valence-corrected chi connectivity index (χ2v) is 4.98. The highest BCUT2D eigenvalue weighted by molar-refractivity contribution is 7.80. The molecule has 98 valence electrons. The predicted molar refractivity (Wildman–Crippen MR) is 83.4 cm³/mol. The van der Waals surface area contributed by atoms with Gasteiger partial charge in [-0.15, -0.1) is 0 Å². The molecule has 3 nitrogen and oxygen atoms in total. The highest BCUT2D eigenvalue weighted by Crippen LogP contribution is 2.19. The van der Waals surface area contributed by atoms with Crippen molar-refractivity contribution in [2.45, 2.75) is 13.5 Å². The molecule has 2 rings (SSSR count). The molecule has 0 saturated carbocycles. The van der Waals surface area contributed by atoms with Gasteiger partial charge < -0.3 is 10.6 Å². The quantitative estimate of drug-likeness (QED) is 0.868. The minimum atomic E-state index is 0.441. The molecule has 0 fully saturated rings. The van der Waals surface area contributed by atoms with Gasteiger partial charge >= 0.3 is 0 Å². The number of aryl methyl sites for hydroxylation is 1. The van der Waals surface area contributed by atoms with Gasteiger partial charge in [0, 0.05) is 24.5 Å². The van der Waals surface area contributed by atoms with Crippen LogP contribution in [0.5, 0.6) is 0 Å². The third kappa shape index (κ3) is 3.29. The van der Waals surface area contributed by atoms with E-state index in [2.05, 4.69) is 16.0 Å². The lowest BCUT2D eigenvalue weighted by Gasteiger charge is -2.20. The van der Waals surface area contributed by atoms with E-state index in [9.17, 15) is 0 Å². The molecule has 1 aromatic carbocycles. The summed E-state index contributed by atoms with van der Waals surface area (Å²) in [7, 11) is 2.05. The number of benzene rings is 1. The van der Waals surface area contributed by atoms with Gasteiger partial charge in [0.05, 0.1) is 12.2 Å². The fourth-order valence-electron chi connectivity index (χ4n) is 1.99. The molecule has 0 aliphatic rings. The second kappa shape index (κ2) is 5.80. The number of rotatable bonds is 4. The zero-order valence-corrected chi connectivity index (χ0v) is 11.9. The first-order valence-corrected chi connectivity index (χ1v) is 6.50. The van der Waals surface area contributed by atoms with Crippen molar-refractivity contribution in [2.75, 3.05) is 11.9 Å². The Morgan fingerprint density at radius 1 is 1.32 bits per heavy atom. The molecular weight excluding hydrogens is 254 g/mol. The number of hydrogen-bond donors (Lipinski definition) is 1. The minimum absolute atomic E-state index is 0.441. The SMILES string of the molecule is Cc1cc(N(C)Cc2ccccn2)ccc1C(N)=S. The lowest BCUT2D eigenvalue weighted by molar-refractivity contribution is 0.884. The molecule has 0 unspecified atom stereocenters. The normalized spacial score (nSPS) is 10.2. The van der Waals surface area contributed by atoms with Gasteiger partial charge in [0.1, 0.15) is 4.99 Å². The molecule has 0 saturated heterocycles. The van der Waals surface area contributed by atoms with Crippen molar-refractivity contribution in [2.24, 2.45) is 5.73 Å². The number of nitrogens with zero attached hydrogens (tertiary/aromatic N) is 2. The molecule has 0 spiro atoms. The molecule has 0 aliphatic carbocycles. The monoisotopic (exact) mass is 271 g/mol. The van der Waals surface area contributed by atoms with Crippen LogP contribution < -0.4 is 10.6 Å². The number of hydrogen-bond acceptors (Lipinski definition) is 3. The van der Waals surface area contributed by atoms with Crippen LogP contribution in [0.2, 0.25) is 0 Å². The van der Waals surface area contributed by atoms with E-state index in [1.165, 1.54) is 0 Å². The summed E-state index contributed by atoms with van der Waals surface area (Å²) < 4.78 is 0. The van der Waals surface area contributed by atoms with Gasteiger partial charge in [0.25, 0.3) is 0 Å². The first kappa shape index (κ1) is 13.5. The first-order valence-electron chi connectivity index (χ1n) is 6.09. The molecule has 0 aliphatic heterocycles. The van der Waals surface area contributed by atoms with E-state index in [0.717, 1.165) is 29.1 Å². The molecule has 1 heterocycles. The summed E-state index contributed by atoms with van der Waals surface area (Å²) in [6, 6.07) is 12.0. The minimum Gasteiger partial charge on any atom is -0.389 e. The summed E-state index contributed by atoms with van der Waals surface area (Å²) in [4.78, 5) is 6.92. The fourth-order valence-corrected chi connectivity index (χ4v) is 2.22. The number of thiocarbonyl (C=S) groups is 1. The molecule has 19 heavy (non-hydrogen) atoms. The van der Waals surface area contributed by atoms with Crippen LogP contribution in [0.15, 0.2) is 42.6 Å². The largest absolute Gasteiger partial charge is 0.389 e. The van der Waals surface area contributed by atoms with Gasteiger partial charge in [-0.2, -0.15) is 0 Å². The van der Waals surface area contributed by atoms with Crippen molar-refractivity contribution >= 4 is 22.9 Å². The fraction of sp³-hybridized carbons (Fsp3) is 0.200. The van der Waals surface area contributed by atoms with E-state index in [4.69, 9.17) is 18.0 Å². The van der Waals surface area contributed by atoms with E-state index in [-0.39, 0.29) is 0 Å². The summed E-state index contributed by atoms with van der Waals surface area (Å²) in [5.74, 6) is 0. The van der Waals surface area contributed by atoms with Crippen molar-refractivity contribution in [3.63, 3.8) is 0 Å². The Morgan fingerprint density at radius 2 is 2.11 bits per heavy atom. The number of aromatic nitrogens is 1. The Morgan fingerprint density at radius 3 is 2.68 bits per heavy atom. The van der Waals surface area contributed by atoms with E-state index >= 15 is 0 Å². The molecule has 4 heteroatoms. The smallest absolute Gasteiger partial charge is 0.104 e. The highest BCUT2D eigenvalue weighted by Gasteiger charge is 2.06. The maximum Gasteiger partial charge on any atom is 0.104 e. The van der Waals surface area contributed by atoms with Crippen LogP contribution in [0.25, 0.3) is 0 Å². The molecule has 0 atom stereocenters. The van der Waals surface area contributed by atoms with Crippen molar-refractivity contribution in [3.8, 4) is 0 Å². The van der Waals surface area contributed by atoms with Crippen molar-refractivity contribution in [3.05, 3.63) is 59.4 Å². The predicted octanol–water partition coefficient (Wildman–Crippen LogP) is 2.66. The molecular formula is C15H17N3S. The molecule has 2 N–H and O–H groups in total. The first-order chi connectivity index (χ1) is 9.08. The Balaban J connectivity index is 2.18. The van der Waals surface area contributed by atoms with Gasteiger partial charge in [-0.3, -0.25) is 4.98 Å². The summed E-state index contributed by atoms with van der Waals surface area (Å²) in [6.45, 7) is 2.79. The van der Waals surface area contributed by atoms with Crippen LogP contribution in [0, 0.1) is 6.92 Å². The third-order valence-electron chi connectivity index (χ3n) is 3.04. The van der Waals surface area contributed by atoms with E-state index < -0.39 is 0 Å². The molecule has 0 radical (unpaired) electrons. The molecule has 1 aromatic heterocycles. The topological polar surface area (TPSA) is 42.2 Å². The van der Waals surface area contributed by atoms with Crippen molar-refractivity contribution in [1.82, 2.24) is 4.98 Å². The zero-order valence-electron chi connectivity index (χ0n) is 11.1. The molecule has 0 amide bonds. The Labute approximate surface area is 119 Å². The Kier molecular flexibility index (Phi) is 4.12. The average molecular weight is 271 g/mol. The zero-order chi connectivity index (χ0) is 13.8. The number of pyridine rings is 1. The number of anilines is 1. The maximum atomic E-state index is 5.67. The van der Waals surface area contributed by atoms with E-state index in [1.54, 1.807) is 0 Å². The summed E-state index contributed by atoms with van der Waals surface area (Å²) >= 11 is 5.02. The van der Waals surface area contributed by atoms with Crippen LogP contribution in [0.3, 0.4) is 0 Å². The lowest BCUT2D eigenvalue weighted by Crippen LogP contribution is -2.18. The van der Waals surface area contributed by atoms with Gasteiger partial charge in [-0.05, 0) is 42.8 Å². The van der Waals surface area contributed by atoms with E-state index in [1.807, 2.05) is 50.5 Å². The Hall–Kier alpha value is -1.94. The van der Waals surface area contributed by atoms with Gasteiger partial charge in [0.15, 0.2) is 0 Å². The summed E-state index contributed by atoms with van der Waals surface area (Å²) in [6.07, 6.45) is 1.81. The van der Waals surface area contributed by atoms with Crippen molar-refractivity contribution in [1.29, 1.82) is 0 Å². The summed E-state index contributed by atoms with van der Waals surface area (Å²) in [5, 5.41) is 0. The lowest BCUT2D eigenvalue weighted by atomic mass is 10.1. The maximum absolute atomic E-state index is 5.67. The third-order valence-corrected chi connectivity index (χ3v) is 3.26. The molecule has 2 aromatic rings. The molecule has 0 bridgehead atoms. The number of nitrogens with two attached hydrogens (primary N) is 1. The van der Waals surface area contributed by atoms with Crippen molar-refractivity contribution < 1.29 is 0 Å². The summed E-state index contributed by atoms with van der Waals surface area (Å²) in [5.41, 5.74) is 9.87. The van der Waals surface area contributed by atoms with Gasteiger partial charge in [-0.1, -0.05) is 18.3 Å². The van der Waals surface area contributed by atoms with Gasteiger partial charge in [-0.25, -0.2) is 0 Å². The van der Waals surface area contributed by atoms with E-state index in [0.29, 0.717) is 4.99 Å². The Bertz CT molecular complexity index is 581. The average Bonchev–Trinajstić information content (AvgIpc) is 2.39. The van der Waals surface area contributed by atoms with Crippen LogP contribution in [-0.2, 0) is 6.54 Å². The second-order valence-electron chi connectivity index (χ2n) is 4.54. The van der Waals surface area contributed by atoms with Crippen LogP contribution in [0.1, 0.15) is 16.8 Å². The standard InChI is InChI=1S/C15H17N3S/c1-11-9-13(6-7-14(11)15(16)19)18(2)10-12-5-3-4-8-17-12/h3-9H,10H2,1-2H3,(H2,16,19). The van der Waals surface area contributed by atoms with Crippen LogP contribution in [-0.4, -0.2) is 17.0 Å². The van der Waals surface area contributed by atoms with Crippen LogP contribution >= 0.6 is 12.2 Å². The van der Waals surface area contributed by atoms with Crippen LogP contribution in [0.4, 0.5) is 5.69 Å². The van der Waals surface area contributed by atoms with Gasteiger partial charge in [0.2, 0.25) is 0 Å². The highest BCUT2D eigenvalue weighted by atomic mass is 32.1.